The maximum absolute atomic E-state index is 6.48. The average molecular weight is 467 g/mol. The average Bonchev–Trinajstić information content (AvgIpc) is 3.21. The lowest BCUT2D eigenvalue weighted by atomic mass is 10.2. The molecular weight excluding hydrogens is 449 g/mol. The van der Waals surface area contributed by atoms with Crippen molar-refractivity contribution in [1.82, 2.24) is 0 Å². The Kier molecular flexibility index (Phi) is 6.32. The number of hydrogen-bond donors (Lipinski definition) is 1. The molecule has 0 atom stereocenters. The summed E-state index contributed by atoms with van der Waals surface area (Å²) in [5.74, 6) is 2.48. The number of hydrogen-bond acceptors (Lipinski definition) is 5. The second-order valence-corrected chi connectivity index (χ2v) is 7.79. The summed E-state index contributed by atoms with van der Waals surface area (Å²) in [6.45, 7) is 1.07. The first-order chi connectivity index (χ1) is 14.5. The zero-order valence-corrected chi connectivity index (χ0v) is 18.3. The predicted molar refractivity (Wildman–Crippen MR) is 119 cm³/mol. The molecule has 0 unspecified atom stereocenters. The monoisotopic (exact) mass is 465 g/mol. The third-order valence-corrected chi connectivity index (χ3v) is 5.55. The van der Waals surface area contributed by atoms with Crippen LogP contribution in [-0.4, -0.2) is 13.9 Å². The first kappa shape index (κ1) is 20.8. The molecule has 0 radical (unpaired) electrons. The van der Waals surface area contributed by atoms with Crippen LogP contribution < -0.4 is 24.3 Å². The highest BCUT2D eigenvalue weighted by atomic mass is 35.5. The Morgan fingerprint density at radius 3 is 2.47 bits per heavy atom. The lowest BCUT2D eigenvalue weighted by Crippen LogP contribution is -2.03. The summed E-state index contributed by atoms with van der Waals surface area (Å²) >= 11 is 18.5. The van der Waals surface area contributed by atoms with Crippen LogP contribution >= 0.6 is 34.8 Å². The standard InChI is InChI=1S/C22H18Cl3NO4/c1-27-21-8-14(10-26-15-3-5-19-20(9-15)30-12-29-19)7-18(25)22(21)28-11-13-2-4-16(23)17(24)6-13/h2-9,26H,10-12H2,1H3. The number of halogens is 3. The number of methoxy groups -OCH3 is 1. The van der Waals surface area contributed by atoms with Gasteiger partial charge in [-0.15, -0.1) is 0 Å². The molecule has 1 aliphatic heterocycles. The Hall–Kier alpha value is -2.47. The Morgan fingerprint density at radius 1 is 0.867 bits per heavy atom. The number of fused-ring (bicyclic) bond motifs is 1. The molecule has 0 aromatic heterocycles. The first-order valence-electron chi connectivity index (χ1n) is 9.10. The van der Waals surface area contributed by atoms with Crippen molar-refractivity contribution in [2.24, 2.45) is 0 Å². The molecule has 3 aromatic carbocycles. The molecule has 0 aliphatic carbocycles. The molecule has 0 amide bonds. The highest BCUT2D eigenvalue weighted by Crippen LogP contribution is 2.38. The van der Waals surface area contributed by atoms with Crippen molar-refractivity contribution in [2.75, 3.05) is 19.2 Å². The second kappa shape index (κ2) is 9.13. The van der Waals surface area contributed by atoms with Crippen molar-refractivity contribution in [2.45, 2.75) is 13.2 Å². The van der Waals surface area contributed by atoms with Gasteiger partial charge in [-0.2, -0.15) is 0 Å². The predicted octanol–water partition coefficient (Wildman–Crippen LogP) is 6.58. The molecule has 0 bridgehead atoms. The summed E-state index contributed by atoms with van der Waals surface area (Å²) < 4.78 is 22.1. The van der Waals surface area contributed by atoms with Gasteiger partial charge in [-0.25, -0.2) is 0 Å². The van der Waals surface area contributed by atoms with E-state index in [-0.39, 0.29) is 13.4 Å². The zero-order chi connectivity index (χ0) is 21.1. The molecule has 4 rings (SSSR count). The summed E-state index contributed by atoms with van der Waals surface area (Å²) in [4.78, 5) is 0. The van der Waals surface area contributed by atoms with Crippen LogP contribution in [0.1, 0.15) is 11.1 Å². The van der Waals surface area contributed by atoms with Crippen molar-refractivity contribution in [3.63, 3.8) is 0 Å². The van der Waals surface area contributed by atoms with Crippen LogP contribution in [0.2, 0.25) is 15.1 Å². The molecule has 0 saturated carbocycles. The van der Waals surface area contributed by atoms with E-state index >= 15 is 0 Å². The van der Waals surface area contributed by atoms with Crippen molar-refractivity contribution in [3.8, 4) is 23.0 Å². The maximum atomic E-state index is 6.48. The minimum Gasteiger partial charge on any atom is -0.493 e. The first-order valence-corrected chi connectivity index (χ1v) is 10.2. The van der Waals surface area contributed by atoms with Crippen molar-refractivity contribution in [1.29, 1.82) is 0 Å². The highest BCUT2D eigenvalue weighted by Gasteiger charge is 2.15. The molecule has 156 valence electrons. The van der Waals surface area contributed by atoms with Gasteiger partial charge >= 0.3 is 0 Å². The molecule has 5 nitrogen and oxygen atoms in total. The highest BCUT2D eigenvalue weighted by molar-refractivity contribution is 6.42. The molecule has 0 spiro atoms. The van der Waals surface area contributed by atoms with Crippen LogP contribution in [0.25, 0.3) is 0 Å². The fraction of sp³-hybridized carbons (Fsp3) is 0.182. The normalized spacial score (nSPS) is 12.0. The second-order valence-electron chi connectivity index (χ2n) is 6.57. The molecule has 8 heteroatoms. The SMILES string of the molecule is COc1cc(CNc2ccc3c(c2)OCO3)cc(Cl)c1OCc1ccc(Cl)c(Cl)c1. The van der Waals surface area contributed by atoms with Crippen LogP contribution in [0, 0.1) is 0 Å². The minimum atomic E-state index is 0.245. The van der Waals surface area contributed by atoms with Gasteiger partial charge in [-0.1, -0.05) is 40.9 Å². The molecule has 1 aliphatic rings. The van der Waals surface area contributed by atoms with Gasteiger partial charge in [0, 0.05) is 18.3 Å². The van der Waals surface area contributed by atoms with E-state index in [0.717, 1.165) is 28.3 Å². The van der Waals surface area contributed by atoms with Crippen LogP contribution in [0.3, 0.4) is 0 Å². The summed E-state index contributed by atoms with van der Waals surface area (Å²) in [6.07, 6.45) is 0. The Morgan fingerprint density at radius 2 is 1.67 bits per heavy atom. The lowest BCUT2D eigenvalue weighted by molar-refractivity contribution is 0.174. The molecule has 0 fully saturated rings. The third-order valence-electron chi connectivity index (χ3n) is 4.53. The van der Waals surface area contributed by atoms with E-state index in [4.69, 9.17) is 53.8 Å². The van der Waals surface area contributed by atoms with E-state index in [1.165, 1.54) is 0 Å². The largest absolute Gasteiger partial charge is 0.493 e. The van der Waals surface area contributed by atoms with Gasteiger partial charge in [0.05, 0.1) is 22.2 Å². The van der Waals surface area contributed by atoms with E-state index in [1.807, 2.05) is 36.4 Å². The quantitative estimate of drug-likeness (QED) is 0.426. The van der Waals surface area contributed by atoms with Crippen LogP contribution in [0.15, 0.2) is 48.5 Å². The lowest BCUT2D eigenvalue weighted by Gasteiger charge is -2.15. The van der Waals surface area contributed by atoms with Gasteiger partial charge in [-0.3, -0.25) is 0 Å². The van der Waals surface area contributed by atoms with Gasteiger partial charge in [0.15, 0.2) is 23.0 Å². The fourth-order valence-electron chi connectivity index (χ4n) is 3.01. The molecular formula is C22H18Cl3NO4. The summed E-state index contributed by atoms with van der Waals surface area (Å²) in [5.41, 5.74) is 2.72. The number of anilines is 1. The third kappa shape index (κ3) is 4.64. The van der Waals surface area contributed by atoms with Crippen LogP contribution in [0.5, 0.6) is 23.0 Å². The molecule has 3 aromatic rings. The van der Waals surface area contributed by atoms with E-state index < -0.39 is 0 Å². The molecule has 1 heterocycles. The van der Waals surface area contributed by atoms with Gasteiger partial charge in [0.2, 0.25) is 6.79 Å². The maximum Gasteiger partial charge on any atom is 0.231 e. The molecule has 0 saturated heterocycles. The van der Waals surface area contributed by atoms with Gasteiger partial charge in [-0.05, 0) is 47.5 Å². The topological polar surface area (TPSA) is 49.0 Å². The van der Waals surface area contributed by atoms with Gasteiger partial charge < -0.3 is 24.3 Å². The van der Waals surface area contributed by atoms with E-state index in [1.54, 1.807) is 19.2 Å². The Balaban J connectivity index is 1.45. The number of rotatable bonds is 7. The van der Waals surface area contributed by atoms with Crippen LogP contribution in [0.4, 0.5) is 5.69 Å². The van der Waals surface area contributed by atoms with Crippen molar-refractivity contribution >= 4 is 40.5 Å². The smallest absolute Gasteiger partial charge is 0.231 e. The summed E-state index contributed by atoms with van der Waals surface area (Å²) in [6, 6.07) is 14.8. The number of benzene rings is 3. The van der Waals surface area contributed by atoms with Gasteiger partial charge in [0.1, 0.15) is 6.61 Å². The summed E-state index contributed by atoms with van der Waals surface area (Å²) in [5, 5.41) is 4.76. The summed E-state index contributed by atoms with van der Waals surface area (Å²) in [7, 11) is 1.58. The Bertz CT molecular complexity index is 1070. The van der Waals surface area contributed by atoms with Gasteiger partial charge in [0.25, 0.3) is 0 Å². The van der Waals surface area contributed by atoms with Crippen molar-refractivity contribution < 1.29 is 18.9 Å². The van der Waals surface area contributed by atoms with E-state index in [0.29, 0.717) is 33.1 Å². The van der Waals surface area contributed by atoms with Crippen molar-refractivity contribution in [3.05, 3.63) is 74.7 Å². The Labute approximate surface area is 189 Å². The minimum absolute atomic E-state index is 0.245. The zero-order valence-electron chi connectivity index (χ0n) is 16.0. The van der Waals surface area contributed by atoms with E-state index in [2.05, 4.69) is 5.32 Å². The van der Waals surface area contributed by atoms with Crippen LogP contribution in [-0.2, 0) is 13.2 Å². The van der Waals surface area contributed by atoms with E-state index in [9.17, 15) is 0 Å². The number of ether oxygens (including phenoxy) is 4. The fourth-order valence-corrected chi connectivity index (χ4v) is 3.62. The number of nitrogens with one attached hydrogen (secondary N) is 1. The molecule has 1 N–H and O–H groups in total. The molecule has 30 heavy (non-hydrogen) atoms.